The molecule has 5 heteroatoms. The molecule has 100 valence electrons. The number of pyridine rings is 1. The van der Waals surface area contributed by atoms with Crippen LogP contribution >= 0.6 is 0 Å². The maximum Gasteiger partial charge on any atom is 0.178 e. The summed E-state index contributed by atoms with van der Waals surface area (Å²) in [5, 5.41) is 0. The van der Waals surface area contributed by atoms with E-state index in [0.29, 0.717) is 17.3 Å². The number of hydrogen-bond acceptors (Lipinski definition) is 5. The first-order valence-electron chi connectivity index (χ1n) is 6.21. The molecule has 1 atom stereocenters. The van der Waals surface area contributed by atoms with Gasteiger partial charge in [0, 0.05) is 6.20 Å². The number of ether oxygens (including phenoxy) is 1. The quantitative estimate of drug-likeness (QED) is 0.910. The summed E-state index contributed by atoms with van der Waals surface area (Å²) in [6.07, 6.45) is 3.36. The number of aromatic nitrogens is 3. The van der Waals surface area contributed by atoms with Crippen molar-refractivity contribution in [2.24, 2.45) is 11.7 Å². The molecular weight excluding hydrogens is 240 g/mol. The maximum atomic E-state index is 6.17. The fraction of sp³-hybridized carbons (Fsp3) is 0.357. The molecular formula is C14H18N4O. The van der Waals surface area contributed by atoms with Gasteiger partial charge < -0.3 is 10.5 Å². The van der Waals surface area contributed by atoms with Gasteiger partial charge >= 0.3 is 0 Å². The molecule has 19 heavy (non-hydrogen) atoms. The third-order valence-corrected chi connectivity index (χ3v) is 2.93. The van der Waals surface area contributed by atoms with Crippen LogP contribution in [0, 0.1) is 5.92 Å². The molecule has 2 N–H and O–H groups in total. The Bertz CT molecular complexity index is 542. The van der Waals surface area contributed by atoms with Crippen molar-refractivity contribution in [3.8, 4) is 17.3 Å². The van der Waals surface area contributed by atoms with Gasteiger partial charge in [0.1, 0.15) is 11.4 Å². The highest BCUT2D eigenvalue weighted by atomic mass is 16.5. The van der Waals surface area contributed by atoms with Crippen molar-refractivity contribution in [1.82, 2.24) is 15.0 Å². The monoisotopic (exact) mass is 258 g/mol. The molecule has 0 amide bonds. The maximum absolute atomic E-state index is 6.17. The van der Waals surface area contributed by atoms with Gasteiger partial charge in [-0.05, 0) is 18.1 Å². The third-order valence-electron chi connectivity index (χ3n) is 2.93. The summed E-state index contributed by atoms with van der Waals surface area (Å²) in [7, 11) is 1.59. The Hall–Kier alpha value is -2.01. The first-order chi connectivity index (χ1) is 9.13. The molecule has 1 unspecified atom stereocenters. The molecule has 5 nitrogen and oxygen atoms in total. The predicted molar refractivity (Wildman–Crippen MR) is 73.6 cm³/mol. The number of nitrogens with zero attached hydrogens (tertiary/aromatic N) is 3. The minimum atomic E-state index is -0.194. The minimum Gasteiger partial charge on any atom is -0.493 e. The molecule has 0 aromatic carbocycles. The number of methoxy groups -OCH3 is 1. The van der Waals surface area contributed by atoms with E-state index in [1.165, 1.54) is 0 Å². The zero-order valence-corrected chi connectivity index (χ0v) is 11.4. The van der Waals surface area contributed by atoms with E-state index in [9.17, 15) is 0 Å². The molecule has 0 radical (unpaired) electrons. The van der Waals surface area contributed by atoms with E-state index in [0.717, 1.165) is 5.69 Å². The lowest BCUT2D eigenvalue weighted by molar-refractivity contribution is 0.388. The van der Waals surface area contributed by atoms with Crippen molar-refractivity contribution in [1.29, 1.82) is 0 Å². The average Bonchev–Trinajstić information content (AvgIpc) is 2.46. The highest BCUT2D eigenvalue weighted by Crippen LogP contribution is 2.27. The summed E-state index contributed by atoms with van der Waals surface area (Å²) >= 11 is 0. The molecule has 0 saturated carbocycles. The van der Waals surface area contributed by atoms with Gasteiger partial charge in [0.2, 0.25) is 0 Å². The standard InChI is InChI=1S/C14H18N4O/c1-9(2)12(15)13-11(19-3)8-17-14(18-13)10-6-4-5-7-16-10/h4-9,12H,15H2,1-3H3. The van der Waals surface area contributed by atoms with Crippen LogP contribution in [-0.2, 0) is 0 Å². The summed E-state index contributed by atoms with van der Waals surface area (Å²) in [5.74, 6) is 1.44. The van der Waals surface area contributed by atoms with Crippen LogP contribution in [0.4, 0.5) is 0 Å². The lowest BCUT2D eigenvalue weighted by Crippen LogP contribution is -2.19. The van der Waals surface area contributed by atoms with E-state index in [1.54, 1.807) is 19.5 Å². The van der Waals surface area contributed by atoms with Crippen LogP contribution in [0.15, 0.2) is 30.6 Å². The van der Waals surface area contributed by atoms with Gasteiger partial charge in [-0.1, -0.05) is 19.9 Å². The number of hydrogen-bond donors (Lipinski definition) is 1. The third kappa shape index (κ3) is 2.88. The Morgan fingerprint density at radius 2 is 2.00 bits per heavy atom. The predicted octanol–water partition coefficient (Wildman–Crippen LogP) is 2.20. The molecule has 0 spiro atoms. The fourth-order valence-electron chi connectivity index (χ4n) is 1.71. The van der Waals surface area contributed by atoms with Crippen molar-refractivity contribution in [3.05, 3.63) is 36.3 Å². The normalized spacial score (nSPS) is 12.5. The second-order valence-electron chi connectivity index (χ2n) is 4.63. The molecule has 2 heterocycles. The van der Waals surface area contributed by atoms with Gasteiger partial charge in [0.05, 0.1) is 19.3 Å². The Morgan fingerprint density at radius 1 is 1.21 bits per heavy atom. The van der Waals surface area contributed by atoms with Crippen LogP contribution in [0.5, 0.6) is 5.75 Å². The molecule has 0 aliphatic rings. The van der Waals surface area contributed by atoms with Crippen molar-refractivity contribution >= 4 is 0 Å². The van der Waals surface area contributed by atoms with Crippen molar-refractivity contribution in [2.45, 2.75) is 19.9 Å². The van der Waals surface area contributed by atoms with Crippen LogP contribution in [0.2, 0.25) is 0 Å². The van der Waals surface area contributed by atoms with E-state index < -0.39 is 0 Å². The van der Waals surface area contributed by atoms with Crippen molar-refractivity contribution < 1.29 is 4.74 Å². The van der Waals surface area contributed by atoms with Crippen LogP contribution in [0.25, 0.3) is 11.5 Å². The lowest BCUT2D eigenvalue weighted by Gasteiger charge is -2.18. The van der Waals surface area contributed by atoms with E-state index in [1.807, 2.05) is 32.0 Å². The average molecular weight is 258 g/mol. The van der Waals surface area contributed by atoms with Crippen LogP contribution in [0.3, 0.4) is 0 Å². The molecule has 0 aliphatic carbocycles. The van der Waals surface area contributed by atoms with E-state index >= 15 is 0 Å². The Balaban J connectivity index is 2.47. The highest BCUT2D eigenvalue weighted by Gasteiger charge is 2.19. The second kappa shape index (κ2) is 5.75. The highest BCUT2D eigenvalue weighted by molar-refractivity contribution is 5.50. The number of nitrogens with two attached hydrogens (primary N) is 1. The van der Waals surface area contributed by atoms with E-state index in [-0.39, 0.29) is 12.0 Å². The Kier molecular flexibility index (Phi) is 4.06. The molecule has 0 saturated heterocycles. The van der Waals surface area contributed by atoms with Gasteiger partial charge in [-0.2, -0.15) is 0 Å². The van der Waals surface area contributed by atoms with E-state index in [2.05, 4.69) is 15.0 Å². The summed E-state index contributed by atoms with van der Waals surface area (Å²) < 4.78 is 5.28. The minimum absolute atomic E-state index is 0.194. The summed E-state index contributed by atoms with van der Waals surface area (Å²) in [4.78, 5) is 13.0. The van der Waals surface area contributed by atoms with Crippen LogP contribution in [0.1, 0.15) is 25.6 Å². The zero-order chi connectivity index (χ0) is 13.8. The molecule has 0 bridgehead atoms. The first kappa shape index (κ1) is 13.4. The van der Waals surface area contributed by atoms with Crippen LogP contribution in [-0.4, -0.2) is 22.1 Å². The van der Waals surface area contributed by atoms with Gasteiger partial charge in [-0.3, -0.25) is 4.98 Å². The first-order valence-corrected chi connectivity index (χ1v) is 6.21. The Morgan fingerprint density at radius 3 is 2.58 bits per heavy atom. The smallest absolute Gasteiger partial charge is 0.178 e. The second-order valence-corrected chi connectivity index (χ2v) is 4.63. The molecule has 2 aromatic rings. The summed E-state index contributed by atoms with van der Waals surface area (Å²) in [6, 6.07) is 5.43. The zero-order valence-electron chi connectivity index (χ0n) is 11.4. The van der Waals surface area contributed by atoms with Gasteiger partial charge in [-0.25, -0.2) is 9.97 Å². The topological polar surface area (TPSA) is 73.9 Å². The fourth-order valence-corrected chi connectivity index (χ4v) is 1.71. The summed E-state index contributed by atoms with van der Waals surface area (Å²) in [5.41, 5.74) is 7.61. The summed E-state index contributed by atoms with van der Waals surface area (Å²) in [6.45, 7) is 4.10. The van der Waals surface area contributed by atoms with Gasteiger partial charge in [0.15, 0.2) is 11.6 Å². The van der Waals surface area contributed by atoms with Crippen LogP contribution < -0.4 is 10.5 Å². The molecule has 0 aliphatic heterocycles. The van der Waals surface area contributed by atoms with Crippen molar-refractivity contribution in [2.75, 3.05) is 7.11 Å². The van der Waals surface area contributed by atoms with Gasteiger partial charge in [0.25, 0.3) is 0 Å². The molecule has 0 fully saturated rings. The largest absolute Gasteiger partial charge is 0.493 e. The SMILES string of the molecule is COc1cnc(-c2ccccn2)nc1C(N)C(C)C. The van der Waals surface area contributed by atoms with E-state index in [4.69, 9.17) is 10.5 Å². The lowest BCUT2D eigenvalue weighted by atomic mass is 10.0. The number of rotatable bonds is 4. The Labute approximate surface area is 112 Å². The van der Waals surface area contributed by atoms with Crippen molar-refractivity contribution in [3.63, 3.8) is 0 Å². The molecule has 2 aromatic heterocycles. The molecule has 2 rings (SSSR count). The van der Waals surface area contributed by atoms with Gasteiger partial charge in [-0.15, -0.1) is 0 Å².